The molecule has 0 saturated heterocycles. The highest BCUT2D eigenvalue weighted by Crippen LogP contribution is 2.43. The second-order valence-corrected chi connectivity index (χ2v) is 9.95. The molecule has 1 N–H and O–H groups in total. The largest absolute Gasteiger partial charge is 0.417 e. The Morgan fingerprint density at radius 1 is 1.03 bits per heavy atom. The maximum absolute atomic E-state index is 14.0. The van der Waals surface area contributed by atoms with E-state index < -0.39 is 24.0 Å². The van der Waals surface area contributed by atoms with Crippen molar-refractivity contribution in [2.75, 3.05) is 0 Å². The van der Waals surface area contributed by atoms with Gasteiger partial charge in [0.25, 0.3) is 0 Å². The van der Waals surface area contributed by atoms with Crippen LogP contribution >= 0.6 is 11.9 Å². The molecule has 1 unspecified atom stereocenters. The average Bonchev–Trinajstić information content (AvgIpc) is 3.48. The van der Waals surface area contributed by atoms with Crippen molar-refractivity contribution in [3.05, 3.63) is 59.8 Å². The zero-order valence-corrected chi connectivity index (χ0v) is 18.9. The molecule has 0 aliphatic heterocycles. The van der Waals surface area contributed by atoms with E-state index in [0.29, 0.717) is 23.0 Å². The maximum atomic E-state index is 14.0. The second kappa shape index (κ2) is 8.91. The number of halogens is 6. The highest BCUT2D eigenvalue weighted by molar-refractivity contribution is 7.98. The van der Waals surface area contributed by atoms with Gasteiger partial charge in [0.15, 0.2) is 0 Å². The highest BCUT2D eigenvalue weighted by atomic mass is 32.2. The topological polar surface area (TPSA) is 17.0 Å². The first-order valence-electron chi connectivity index (χ1n) is 10.7. The zero-order valence-electron chi connectivity index (χ0n) is 18.1. The summed E-state index contributed by atoms with van der Waals surface area (Å²) in [6.07, 6.45) is -5.79. The predicted octanol–water partition coefficient (Wildman–Crippen LogP) is 7.99. The van der Waals surface area contributed by atoms with Crippen molar-refractivity contribution >= 4 is 22.9 Å². The molecule has 1 aliphatic rings. The van der Waals surface area contributed by atoms with Gasteiger partial charge in [0.05, 0.1) is 5.56 Å². The third-order valence-corrected chi connectivity index (χ3v) is 6.71. The Morgan fingerprint density at radius 3 is 2.33 bits per heavy atom. The van der Waals surface area contributed by atoms with E-state index in [1.54, 1.807) is 10.6 Å². The minimum absolute atomic E-state index is 0.000493. The van der Waals surface area contributed by atoms with Crippen LogP contribution in [0.3, 0.4) is 0 Å². The first-order valence-corrected chi connectivity index (χ1v) is 11.6. The van der Waals surface area contributed by atoms with Gasteiger partial charge in [-0.1, -0.05) is 56.1 Å². The standard InChI is InChI=1S/C24H24F6N2S/c1-14(2)12-32-13-19(22(24(28,29)30)31-33-16-8-9-16)18-10-7-15(11-21(18)32)17-5-3-4-6-20(17)23(25,26)27/h3-7,10-11,13-14,16,22,31H,8-9,12H2,1-2H3. The van der Waals surface area contributed by atoms with E-state index in [1.165, 1.54) is 36.5 Å². The summed E-state index contributed by atoms with van der Waals surface area (Å²) in [5.41, 5.74) is 0.110. The fourth-order valence-electron chi connectivity index (χ4n) is 3.90. The molecule has 0 amide bonds. The lowest BCUT2D eigenvalue weighted by Crippen LogP contribution is -2.30. The molecule has 1 aromatic heterocycles. The normalized spacial score (nSPS) is 16.0. The summed E-state index contributed by atoms with van der Waals surface area (Å²) in [7, 11) is 0. The molecule has 33 heavy (non-hydrogen) atoms. The number of alkyl halides is 6. The number of fused-ring (bicyclic) bond motifs is 1. The SMILES string of the molecule is CC(C)Cn1cc(C(NSC2CC2)C(F)(F)F)c2ccc(-c3ccccc3C(F)(F)F)cc21. The van der Waals surface area contributed by atoms with Gasteiger partial charge in [-0.3, -0.25) is 0 Å². The molecule has 0 spiro atoms. The van der Waals surface area contributed by atoms with Gasteiger partial charge in [0.2, 0.25) is 0 Å². The molecule has 2 aromatic carbocycles. The predicted molar refractivity (Wildman–Crippen MR) is 120 cm³/mol. The van der Waals surface area contributed by atoms with Gasteiger partial charge in [0, 0.05) is 34.5 Å². The van der Waals surface area contributed by atoms with Crippen molar-refractivity contribution in [3.63, 3.8) is 0 Å². The van der Waals surface area contributed by atoms with Crippen LogP contribution in [0.4, 0.5) is 26.3 Å². The molecule has 1 atom stereocenters. The Labute approximate surface area is 192 Å². The molecule has 2 nitrogen and oxygen atoms in total. The van der Waals surface area contributed by atoms with Crippen molar-refractivity contribution in [2.45, 2.75) is 56.9 Å². The van der Waals surface area contributed by atoms with Crippen LogP contribution in [0, 0.1) is 5.92 Å². The van der Waals surface area contributed by atoms with Crippen LogP contribution in [0.15, 0.2) is 48.7 Å². The van der Waals surface area contributed by atoms with Crippen molar-refractivity contribution in [3.8, 4) is 11.1 Å². The number of nitrogens with zero attached hydrogens (tertiary/aromatic N) is 1. The lowest BCUT2D eigenvalue weighted by atomic mass is 9.97. The quantitative estimate of drug-likeness (QED) is 0.269. The van der Waals surface area contributed by atoms with Gasteiger partial charge in [-0.25, -0.2) is 4.72 Å². The Hall–Kier alpha value is -2.13. The summed E-state index contributed by atoms with van der Waals surface area (Å²) >= 11 is 1.10. The minimum Gasteiger partial charge on any atom is -0.347 e. The Bertz CT molecular complexity index is 1130. The second-order valence-electron chi connectivity index (χ2n) is 8.82. The van der Waals surface area contributed by atoms with Gasteiger partial charge < -0.3 is 4.57 Å². The van der Waals surface area contributed by atoms with Crippen molar-refractivity contribution < 1.29 is 26.3 Å². The number of hydrogen-bond acceptors (Lipinski definition) is 2. The number of hydrogen-bond donors (Lipinski definition) is 1. The first-order chi connectivity index (χ1) is 15.4. The molecular formula is C24H24F6N2S. The van der Waals surface area contributed by atoms with Gasteiger partial charge in [-0.2, -0.15) is 26.3 Å². The summed E-state index contributed by atoms with van der Waals surface area (Å²) in [5, 5.41) is 0.569. The number of benzene rings is 2. The monoisotopic (exact) mass is 486 g/mol. The third kappa shape index (κ3) is 5.35. The van der Waals surface area contributed by atoms with Crippen molar-refractivity contribution in [1.82, 2.24) is 9.29 Å². The van der Waals surface area contributed by atoms with E-state index in [2.05, 4.69) is 4.72 Å². The lowest BCUT2D eigenvalue weighted by Gasteiger charge is -2.21. The molecule has 0 bridgehead atoms. The molecule has 178 valence electrons. The molecular weight excluding hydrogens is 462 g/mol. The molecule has 1 fully saturated rings. The number of nitrogens with one attached hydrogen (secondary N) is 1. The summed E-state index contributed by atoms with van der Waals surface area (Å²) in [6, 6.07) is 7.90. The third-order valence-electron chi connectivity index (χ3n) is 5.53. The molecule has 0 radical (unpaired) electrons. The minimum atomic E-state index is -4.54. The number of rotatable bonds is 7. The van der Waals surface area contributed by atoms with E-state index in [0.717, 1.165) is 30.9 Å². The van der Waals surface area contributed by atoms with E-state index in [9.17, 15) is 26.3 Å². The lowest BCUT2D eigenvalue weighted by molar-refractivity contribution is -0.152. The van der Waals surface area contributed by atoms with Crippen LogP contribution in [0.5, 0.6) is 0 Å². The van der Waals surface area contributed by atoms with E-state index in [4.69, 9.17) is 0 Å². The molecule has 1 heterocycles. The molecule has 3 aromatic rings. The summed E-state index contributed by atoms with van der Waals surface area (Å²) in [6.45, 7) is 4.33. The highest BCUT2D eigenvalue weighted by Gasteiger charge is 2.43. The Balaban J connectivity index is 1.85. The Kier molecular flexibility index (Phi) is 6.48. The van der Waals surface area contributed by atoms with Gasteiger partial charge in [-0.05, 0) is 42.0 Å². The summed E-state index contributed by atoms with van der Waals surface area (Å²) in [5.74, 6) is 0.137. The molecule has 4 rings (SSSR count). The first kappa shape index (κ1) is 24.0. The zero-order chi connectivity index (χ0) is 24.0. The molecule has 1 saturated carbocycles. The van der Waals surface area contributed by atoms with Gasteiger partial charge in [-0.15, -0.1) is 0 Å². The fraction of sp³-hybridized carbons (Fsp3) is 0.417. The van der Waals surface area contributed by atoms with Gasteiger partial charge >= 0.3 is 12.4 Å². The molecule has 1 aliphatic carbocycles. The maximum Gasteiger partial charge on any atom is 0.417 e. The van der Waals surface area contributed by atoms with Crippen LogP contribution in [0.2, 0.25) is 0 Å². The van der Waals surface area contributed by atoms with E-state index in [1.807, 2.05) is 13.8 Å². The van der Waals surface area contributed by atoms with Crippen molar-refractivity contribution in [1.29, 1.82) is 0 Å². The molecule has 9 heteroatoms. The van der Waals surface area contributed by atoms with E-state index >= 15 is 0 Å². The van der Waals surface area contributed by atoms with E-state index in [-0.39, 0.29) is 22.3 Å². The smallest absolute Gasteiger partial charge is 0.347 e. The number of aromatic nitrogens is 1. The summed E-state index contributed by atoms with van der Waals surface area (Å²) < 4.78 is 87.0. The van der Waals surface area contributed by atoms with Crippen LogP contribution in [0.1, 0.15) is 43.9 Å². The fourth-order valence-corrected chi connectivity index (χ4v) is 4.86. The average molecular weight is 487 g/mol. The Morgan fingerprint density at radius 2 is 1.73 bits per heavy atom. The van der Waals surface area contributed by atoms with Crippen LogP contribution in [-0.2, 0) is 12.7 Å². The van der Waals surface area contributed by atoms with Crippen LogP contribution in [0.25, 0.3) is 22.0 Å². The van der Waals surface area contributed by atoms with Crippen molar-refractivity contribution in [2.24, 2.45) is 5.92 Å². The van der Waals surface area contributed by atoms with Crippen LogP contribution in [-0.4, -0.2) is 16.0 Å². The summed E-state index contributed by atoms with van der Waals surface area (Å²) in [4.78, 5) is 0. The van der Waals surface area contributed by atoms with Crippen LogP contribution < -0.4 is 4.72 Å². The van der Waals surface area contributed by atoms with Gasteiger partial charge in [0.1, 0.15) is 6.04 Å².